The molecule has 51 heavy (non-hydrogen) atoms. The van der Waals surface area contributed by atoms with Crippen LogP contribution in [0.3, 0.4) is 0 Å². The second-order valence-corrected chi connectivity index (χ2v) is 12.4. The van der Waals surface area contributed by atoms with E-state index in [2.05, 4.69) is 28.8 Å². The van der Waals surface area contributed by atoms with Crippen molar-refractivity contribution in [1.82, 2.24) is 24.1 Å². The molecule has 0 amide bonds. The third-order valence-electron chi connectivity index (χ3n) is 9.55. The van der Waals surface area contributed by atoms with Crippen molar-refractivity contribution in [3.05, 3.63) is 164 Å². The monoisotopic (exact) mass is 659 g/mol. The Bertz CT molecular complexity index is 3390. The van der Waals surface area contributed by atoms with Crippen molar-refractivity contribution >= 4 is 65.6 Å². The van der Waals surface area contributed by atoms with E-state index in [1.165, 1.54) is 16.7 Å². The van der Waals surface area contributed by atoms with Crippen molar-refractivity contribution in [2.24, 2.45) is 0 Å². The molecule has 0 aliphatic heterocycles. The fraction of sp³-hybridized carbons (Fsp3) is 0. The fourth-order valence-corrected chi connectivity index (χ4v) is 7.33. The van der Waals surface area contributed by atoms with Crippen LogP contribution < -0.4 is 0 Å². The molecule has 11 rings (SSSR count). The predicted molar refractivity (Wildman–Crippen MR) is 207 cm³/mol. The molecule has 6 heteroatoms. The molecule has 0 aliphatic carbocycles. The molecule has 238 valence electrons. The van der Waals surface area contributed by atoms with Gasteiger partial charge in [0.25, 0.3) is 0 Å². The van der Waals surface area contributed by atoms with Gasteiger partial charge in [-0.15, -0.1) is 0 Å². The van der Waals surface area contributed by atoms with Crippen molar-refractivity contribution in [3.63, 3.8) is 0 Å². The van der Waals surface area contributed by atoms with Crippen molar-refractivity contribution < 1.29 is 12.6 Å². The van der Waals surface area contributed by atoms with Gasteiger partial charge in [-0.1, -0.05) is 109 Å². The van der Waals surface area contributed by atoms with Gasteiger partial charge < -0.3 is 8.98 Å². The zero-order chi connectivity index (χ0) is 38.7. The maximum atomic E-state index is 9.10. The summed E-state index contributed by atoms with van der Waals surface area (Å²) in [6.45, 7) is 0. The average Bonchev–Trinajstić information content (AvgIpc) is 3.90. The van der Waals surface area contributed by atoms with Crippen LogP contribution in [0.5, 0.6) is 0 Å². The SMILES string of the molecule is [2H]c1cc([2H])c2c(c1[2H])c1c([2H])c([2H])cc([2H])c1n2-c1nc(-c2ccc3c(c2)oc2ccccc23)nc(-c2ccccc2-n2c3ccccc3c3ccccc32)n1. The van der Waals surface area contributed by atoms with Gasteiger partial charge in [-0.05, 0) is 54.5 Å². The van der Waals surface area contributed by atoms with E-state index in [-0.39, 0.29) is 69.8 Å². The molecule has 0 aliphatic rings. The average molecular weight is 660 g/mol. The third-order valence-corrected chi connectivity index (χ3v) is 9.55. The number of aromatic nitrogens is 5. The molecule has 4 aromatic heterocycles. The number of para-hydroxylation sites is 6. The smallest absolute Gasteiger partial charge is 0.238 e. The Labute approximate surface area is 299 Å². The van der Waals surface area contributed by atoms with Crippen molar-refractivity contribution in [2.45, 2.75) is 0 Å². The van der Waals surface area contributed by atoms with E-state index in [9.17, 15) is 0 Å². The second-order valence-electron chi connectivity index (χ2n) is 12.4. The summed E-state index contributed by atoms with van der Waals surface area (Å²) in [6.07, 6.45) is 0. The maximum absolute atomic E-state index is 9.10. The number of rotatable bonds is 4. The first kappa shape index (κ1) is 22.6. The van der Waals surface area contributed by atoms with E-state index in [4.69, 9.17) is 27.6 Å². The molecule has 0 atom stereocenters. The quantitative estimate of drug-likeness (QED) is 0.189. The minimum Gasteiger partial charge on any atom is -0.456 e. The van der Waals surface area contributed by atoms with E-state index in [1.807, 2.05) is 91.0 Å². The Balaban J connectivity index is 1.26. The lowest BCUT2D eigenvalue weighted by Crippen LogP contribution is -2.07. The van der Waals surface area contributed by atoms with Crippen LogP contribution in [-0.2, 0) is 0 Å². The molecule has 0 radical (unpaired) electrons. The van der Waals surface area contributed by atoms with Crippen LogP contribution in [0.1, 0.15) is 8.22 Å². The highest BCUT2D eigenvalue weighted by Crippen LogP contribution is 2.38. The Morgan fingerprint density at radius 1 is 0.451 bits per heavy atom. The van der Waals surface area contributed by atoms with E-state index in [1.54, 1.807) is 0 Å². The van der Waals surface area contributed by atoms with Gasteiger partial charge >= 0.3 is 0 Å². The molecule has 0 unspecified atom stereocenters. The predicted octanol–water partition coefficient (Wildman–Crippen LogP) is 11.3. The molecule has 0 bridgehead atoms. The maximum Gasteiger partial charge on any atom is 0.238 e. The van der Waals surface area contributed by atoms with Gasteiger partial charge in [-0.3, -0.25) is 4.57 Å². The van der Waals surface area contributed by atoms with Crippen LogP contribution in [0, 0.1) is 0 Å². The number of nitrogens with zero attached hydrogens (tertiary/aromatic N) is 5. The topological polar surface area (TPSA) is 61.7 Å². The van der Waals surface area contributed by atoms with E-state index < -0.39 is 0 Å². The van der Waals surface area contributed by atoms with Gasteiger partial charge in [0.2, 0.25) is 5.95 Å². The van der Waals surface area contributed by atoms with Crippen LogP contribution in [-0.4, -0.2) is 24.1 Å². The lowest BCUT2D eigenvalue weighted by atomic mass is 10.1. The van der Waals surface area contributed by atoms with Crippen molar-refractivity contribution in [3.8, 4) is 34.4 Å². The van der Waals surface area contributed by atoms with Crippen molar-refractivity contribution in [2.75, 3.05) is 0 Å². The highest BCUT2D eigenvalue weighted by atomic mass is 16.3. The summed E-state index contributed by atoms with van der Waals surface area (Å²) < 4.78 is 63.0. The first-order chi connectivity index (χ1) is 27.8. The zero-order valence-electron chi connectivity index (χ0n) is 32.8. The number of furan rings is 1. The summed E-state index contributed by atoms with van der Waals surface area (Å²) in [7, 11) is 0. The van der Waals surface area contributed by atoms with Crippen LogP contribution in [0.25, 0.3) is 100.0 Å². The lowest BCUT2D eigenvalue weighted by molar-refractivity contribution is 0.669. The Morgan fingerprint density at radius 3 is 1.80 bits per heavy atom. The summed E-state index contributed by atoms with van der Waals surface area (Å²) in [5.74, 6) is 0.637. The normalized spacial score (nSPS) is 13.6. The first-order valence-corrected chi connectivity index (χ1v) is 16.5. The Kier molecular flexibility index (Phi) is 4.74. The number of hydrogen-bond acceptors (Lipinski definition) is 4. The molecule has 4 heterocycles. The van der Waals surface area contributed by atoms with Gasteiger partial charge in [0.05, 0.1) is 36.0 Å². The van der Waals surface area contributed by atoms with Crippen molar-refractivity contribution in [1.29, 1.82) is 0 Å². The number of fused-ring (bicyclic) bond motifs is 9. The third kappa shape index (κ3) is 4.14. The van der Waals surface area contributed by atoms with Gasteiger partial charge in [-0.25, -0.2) is 4.98 Å². The van der Waals surface area contributed by atoms with Gasteiger partial charge in [0.1, 0.15) is 11.2 Å². The van der Waals surface area contributed by atoms with E-state index >= 15 is 0 Å². The Morgan fingerprint density at radius 2 is 1.06 bits per heavy atom. The van der Waals surface area contributed by atoms with E-state index in [0.717, 1.165) is 43.8 Å². The van der Waals surface area contributed by atoms with Gasteiger partial charge in [0.15, 0.2) is 11.6 Å². The molecule has 0 fully saturated rings. The minimum atomic E-state index is -0.218. The molecule has 7 aromatic carbocycles. The molecule has 11 aromatic rings. The molecular weight excluding hydrogens is 627 g/mol. The van der Waals surface area contributed by atoms with E-state index in [0.29, 0.717) is 22.5 Å². The van der Waals surface area contributed by atoms with Crippen LogP contribution >= 0.6 is 0 Å². The zero-order valence-corrected chi connectivity index (χ0v) is 26.8. The highest BCUT2D eigenvalue weighted by molar-refractivity contribution is 6.10. The highest BCUT2D eigenvalue weighted by Gasteiger charge is 2.21. The largest absolute Gasteiger partial charge is 0.456 e. The summed E-state index contributed by atoms with van der Waals surface area (Å²) in [5, 5.41) is 4.34. The molecule has 0 saturated heterocycles. The summed E-state index contributed by atoms with van der Waals surface area (Å²) in [5.41, 5.74) is 5.83. The Hall–Kier alpha value is -7.05. The van der Waals surface area contributed by atoms with Gasteiger partial charge in [-0.2, -0.15) is 9.97 Å². The van der Waals surface area contributed by atoms with Crippen LogP contribution in [0.2, 0.25) is 0 Å². The van der Waals surface area contributed by atoms with Crippen LogP contribution in [0.15, 0.2) is 168 Å². The number of benzene rings is 7. The fourth-order valence-electron chi connectivity index (χ4n) is 7.33. The molecule has 0 saturated carbocycles. The summed E-state index contributed by atoms with van der Waals surface area (Å²) in [6, 6.07) is 39.4. The summed E-state index contributed by atoms with van der Waals surface area (Å²) >= 11 is 0. The standard InChI is InChI=1S/C45H27N5O/c1-7-19-36-29(13-1)30-14-2-8-20-37(30)49(36)40-23-11-5-18-35(40)44-46-43(28-25-26-34-33-17-6-12-24-41(33)51-42(34)27-28)47-45(48-44)50-38-21-9-3-15-31(38)32-16-4-10-22-39(32)50/h1-27H/i3D,4D,15D,16D,21D,22D. The first-order valence-electron chi connectivity index (χ1n) is 19.5. The lowest BCUT2D eigenvalue weighted by Gasteiger charge is -2.15. The molecular formula is C45H27N5O. The number of hydrogen-bond donors (Lipinski definition) is 0. The summed E-state index contributed by atoms with van der Waals surface area (Å²) in [4.78, 5) is 15.3. The molecule has 6 nitrogen and oxygen atoms in total. The molecule has 0 spiro atoms. The van der Waals surface area contributed by atoms with Gasteiger partial charge in [0, 0.05) is 43.4 Å². The van der Waals surface area contributed by atoms with Crippen LogP contribution in [0.4, 0.5) is 0 Å². The minimum absolute atomic E-state index is 0.0491. The second kappa shape index (κ2) is 10.7. The molecule has 0 N–H and O–H groups in total.